The fourth-order valence-electron chi connectivity index (χ4n) is 4.11. The molecule has 0 bridgehead atoms. The molecule has 1 aromatic carbocycles. The van der Waals surface area contributed by atoms with Gasteiger partial charge in [-0.1, -0.05) is 45.0 Å². The second-order valence-corrected chi connectivity index (χ2v) is 7.09. The first-order valence-corrected chi connectivity index (χ1v) is 10.6. The number of allylic oxidation sites excluding steroid dienone is 2. The third-order valence-corrected chi connectivity index (χ3v) is 5.59. The molecule has 150 valence electrons. The van der Waals surface area contributed by atoms with Crippen LogP contribution >= 0.6 is 0 Å². The summed E-state index contributed by atoms with van der Waals surface area (Å²) in [5.74, 6) is 0.827. The minimum atomic E-state index is 0.827. The van der Waals surface area contributed by atoms with E-state index in [0.717, 1.165) is 37.4 Å². The van der Waals surface area contributed by atoms with Gasteiger partial charge in [-0.2, -0.15) is 0 Å². The number of hydrogen-bond donors (Lipinski definition) is 1. The van der Waals surface area contributed by atoms with Gasteiger partial charge in [-0.3, -0.25) is 0 Å². The number of hydrogen-bond acceptors (Lipinski definition) is 3. The number of rotatable bonds is 3. The summed E-state index contributed by atoms with van der Waals surface area (Å²) in [6.45, 7) is 10.1. The minimum absolute atomic E-state index is 0.827. The Balaban J connectivity index is 0.000000994. The summed E-state index contributed by atoms with van der Waals surface area (Å²) in [5.41, 5.74) is 7.31. The Labute approximate surface area is 172 Å². The highest BCUT2D eigenvalue weighted by molar-refractivity contribution is 5.85. The first-order chi connectivity index (χ1) is 14.3. The van der Waals surface area contributed by atoms with Gasteiger partial charge in [-0.15, -0.1) is 5.10 Å². The van der Waals surface area contributed by atoms with Gasteiger partial charge >= 0.3 is 0 Å². The Hall–Kier alpha value is -3.08. The Bertz CT molecular complexity index is 1160. The smallest absolute Gasteiger partial charge is 0.177 e. The largest absolute Gasteiger partial charge is 0.365 e. The molecule has 4 aromatic rings. The minimum Gasteiger partial charge on any atom is -0.365 e. The average molecular weight is 388 g/mol. The highest BCUT2D eigenvalue weighted by Crippen LogP contribution is 2.30. The maximum absolute atomic E-state index is 4.74. The van der Waals surface area contributed by atoms with Crippen molar-refractivity contribution in [2.45, 2.75) is 47.1 Å². The number of nitrogens with one attached hydrogen (secondary N) is 1. The summed E-state index contributed by atoms with van der Waals surface area (Å²) in [6.07, 6.45) is 6.11. The Morgan fingerprint density at radius 1 is 1.21 bits per heavy atom. The summed E-state index contributed by atoms with van der Waals surface area (Å²) in [4.78, 5) is 10.8. The van der Waals surface area contributed by atoms with Crippen LogP contribution in [0.4, 0.5) is 5.69 Å². The van der Waals surface area contributed by atoms with Gasteiger partial charge in [0, 0.05) is 41.1 Å². The van der Waals surface area contributed by atoms with Crippen molar-refractivity contribution >= 4 is 27.8 Å². The van der Waals surface area contributed by atoms with Crippen LogP contribution in [0.3, 0.4) is 0 Å². The number of aromatic nitrogens is 4. The molecule has 0 radical (unpaired) electrons. The van der Waals surface area contributed by atoms with Crippen molar-refractivity contribution in [3.05, 3.63) is 65.8 Å². The molecule has 0 fully saturated rings. The summed E-state index contributed by atoms with van der Waals surface area (Å²) in [6, 6.07) is 12.9. The fraction of sp³-hybridized carbons (Fsp3) is 0.333. The number of para-hydroxylation sites is 1. The fourth-order valence-corrected chi connectivity index (χ4v) is 4.11. The molecule has 1 aliphatic rings. The SMILES string of the molecule is C/C=C(\CC)c1nc2cc(N3CCc4c([nH]c5ccccc45)C3)ccn2n1.CC. The van der Waals surface area contributed by atoms with Gasteiger partial charge in [-0.05, 0) is 43.0 Å². The lowest BCUT2D eigenvalue weighted by atomic mass is 10.0. The van der Waals surface area contributed by atoms with Gasteiger partial charge in [0.1, 0.15) is 0 Å². The van der Waals surface area contributed by atoms with Crippen LogP contribution in [0.5, 0.6) is 0 Å². The van der Waals surface area contributed by atoms with Crippen LogP contribution in [0.15, 0.2) is 48.7 Å². The lowest BCUT2D eigenvalue weighted by Crippen LogP contribution is -2.30. The van der Waals surface area contributed by atoms with Crippen molar-refractivity contribution in [2.75, 3.05) is 11.4 Å². The molecule has 0 aliphatic carbocycles. The van der Waals surface area contributed by atoms with E-state index in [4.69, 9.17) is 4.98 Å². The van der Waals surface area contributed by atoms with Crippen molar-refractivity contribution in [1.82, 2.24) is 19.6 Å². The lowest BCUT2D eigenvalue weighted by Gasteiger charge is -2.29. The van der Waals surface area contributed by atoms with Crippen LogP contribution in [0.25, 0.3) is 22.1 Å². The van der Waals surface area contributed by atoms with Crippen molar-refractivity contribution in [1.29, 1.82) is 0 Å². The van der Waals surface area contributed by atoms with E-state index < -0.39 is 0 Å². The Morgan fingerprint density at radius 3 is 2.83 bits per heavy atom. The predicted octanol–water partition coefficient (Wildman–Crippen LogP) is 5.61. The van der Waals surface area contributed by atoms with Crippen molar-refractivity contribution in [3.63, 3.8) is 0 Å². The van der Waals surface area contributed by atoms with E-state index in [1.54, 1.807) is 0 Å². The van der Waals surface area contributed by atoms with Crippen LogP contribution in [0.1, 0.15) is 51.2 Å². The monoisotopic (exact) mass is 387 g/mol. The van der Waals surface area contributed by atoms with Gasteiger partial charge < -0.3 is 9.88 Å². The maximum Gasteiger partial charge on any atom is 0.177 e. The molecule has 0 unspecified atom stereocenters. The number of fused-ring (bicyclic) bond motifs is 4. The molecule has 0 atom stereocenters. The lowest BCUT2D eigenvalue weighted by molar-refractivity contribution is 0.723. The van der Waals surface area contributed by atoms with E-state index in [2.05, 4.69) is 64.4 Å². The maximum atomic E-state index is 4.74. The molecule has 29 heavy (non-hydrogen) atoms. The van der Waals surface area contributed by atoms with Crippen molar-refractivity contribution in [2.24, 2.45) is 0 Å². The zero-order valence-electron chi connectivity index (χ0n) is 17.7. The van der Waals surface area contributed by atoms with Crippen LogP contribution in [-0.2, 0) is 13.0 Å². The van der Waals surface area contributed by atoms with Crippen molar-refractivity contribution in [3.8, 4) is 0 Å². The van der Waals surface area contributed by atoms with Crippen LogP contribution < -0.4 is 4.90 Å². The molecular weight excluding hydrogens is 358 g/mol. The quantitative estimate of drug-likeness (QED) is 0.497. The second-order valence-electron chi connectivity index (χ2n) is 7.09. The van der Waals surface area contributed by atoms with Crippen molar-refractivity contribution < 1.29 is 0 Å². The molecule has 0 saturated carbocycles. The van der Waals surface area contributed by atoms with Gasteiger partial charge in [0.05, 0.1) is 6.54 Å². The van der Waals surface area contributed by atoms with Crippen LogP contribution in [-0.4, -0.2) is 26.1 Å². The molecule has 5 rings (SSSR count). The van der Waals surface area contributed by atoms with E-state index in [1.807, 2.05) is 31.5 Å². The topological polar surface area (TPSA) is 49.2 Å². The summed E-state index contributed by atoms with van der Waals surface area (Å²) >= 11 is 0. The van der Waals surface area contributed by atoms with Gasteiger partial charge in [0.2, 0.25) is 0 Å². The first-order valence-electron chi connectivity index (χ1n) is 10.6. The summed E-state index contributed by atoms with van der Waals surface area (Å²) in [7, 11) is 0. The van der Waals surface area contributed by atoms with E-state index >= 15 is 0 Å². The zero-order chi connectivity index (χ0) is 20.4. The van der Waals surface area contributed by atoms with Gasteiger partial charge in [-0.25, -0.2) is 9.50 Å². The van der Waals surface area contributed by atoms with E-state index in [9.17, 15) is 0 Å². The number of benzene rings is 1. The molecule has 1 aliphatic heterocycles. The summed E-state index contributed by atoms with van der Waals surface area (Å²) in [5, 5.41) is 5.98. The highest BCUT2D eigenvalue weighted by atomic mass is 15.3. The predicted molar refractivity (Wildman–Crippen MR) is 121 cm³/mol. The normalized spacial score (nSPS) is 14.1. The first kappa shape index (κ1) is 19.2. The van der Waals surface area contributed by atoms with E-state index in [-0.39, 0.29) is 0 Å². The standard InChI is InChI=1S/C22H23N5.C2H6/c1-3-15(4-2)22-24-21-13-16(9-12-27(21)25-22)26-11-10-18-17-7-5-6-8-19(17)23-20(18)14-26;1-2/h3,5-9,12-13,23H,4,10-11,14H2,1-2H3;1-2H3/b15-3+;. The van der Waals surface area contributed by atoms with Gasteiger partial charge in [0.15, 0.2) is 11.5 Å². The number of nitrogens with zero attached hydrogens (tertiary/aromatic N) is 4. The Morgan fingerprint density at radius 2 is 2.03 bits per heavy atom. The van der Waals surface area contributed by atoms with Gasteiger partial charge in [0.25, 0.3) is 0 Å². The second kappa shape index (κ2) is 8.11. The molecule has 0 saturated heterocycles. The number of H-pyrrole nitrogens is 1. The average Bonchev–Trinajstić information content (AvgIpc) is 3.36. The Kier molecular flexibility index (Phi) is 5.38. The molecule has 0 spiro atoms. The number of anilines is 1. The summed E-state index contributed by atoms with van der Waals surface area (Å²) < 4.78 is 1.87. The number of aromatic amines is 1. The third kappa shape index (κ3) is 3.41. The van der Waals surface area contributed by atoms with E-state index in [0.29, 0.717) is 0 Å². The molecule has 1 N–H and O–H groups in total. The van der Waals surface area contributed by atoms with Crippen LogP contribution in [0, 0.1) is 0 Å². The zero-order valence-corrected chi connectivity index (χ0v) is 17.7. The molecule has 0 amide bonds. The molecular formula is C24H29N5. The third-order valence-electron chi connectivity index (χ3n) is 5.59. The molecule has 5 heteroatoms. The van der Waals surface area contributed by atoms with Crippen LogP contribution in [0.2, 0.25) is 0 Å². The highest BCUT2D eigenvalue weighted by Gasteiger charge is 2.21. The molecule has 5 nitrogen and oxygen atoms in total. The van der Waals surface area contributed by atoms with E-state index in [1.165, 1.54) is 33.4 Å². The molecule has 4 heterocycles. The number of pyridine rings is 1. The molecule has 3 aromatic heterocycles.